The van der Waals surface area contributed by atoms with Gasteiger partial charge in [-0.15, -0.1) is 0 Å². The first-order valence-corrected chi connectivity index (χ1v) is 10.1. The molecule has 1 saturated carbocycles. The van der Waals surface area contributed by atoms with Gasteiger partial charge in [-0.2, -0.15) is 11.8 Å². The van der Waals surface area contributed by atoms with Gasteiger partial charge in [0.25, 0.3) is 0 Å². The third-order valence-electron chi connectivity index (χ3n) is 4.23. The summed E-state index contributed by atoms with van der Waals surface area (Å²) < 4.78 is 27.7. The van der Waals surface area contributed by atoms with Crippen molar-refractivity contribution in [3.05, 3.63) is 29.8 Å². The van der Waals surface area contributed by atoms with Gasteiger partial charge >= 0.3 is 0 Å². The monoisotopic (exact) mass is 328 g/mol. The lowest BCUT2D eigenvalue weighted by Gasteiger charge is -2.35. The number of hydrogen-bond acceptors (Lipinski definition) is 4. The Morgan fingerprint density at radius 3 is 2.62 bits per heavy atom. The van der Waals surface area contributed by atoms with Crippen molar-refractivity contribution in [1.82, 2.24) is 4.72 Å². The van der Waals surface area contributed by atoms with E-state index in [0.717, 1.165) is 18.4 Å². The summed E-state index contributed by atoms with van der Waals surface area (Å²) >= 11 is 1.79. The van der Waals surface area contributed by atoms with Crippen molar-refractivity contribution in [2.24, 2.45) is 5.73 Å². The smallest absolute Gasteiger partial charge is 0.240 e. The van der Waals surface area contributed by atoms with E-state index < -0.39 is 10.0 Å². The van der Waals surface area contributed by atoms with Gasteiger partial charge in [0.2, 0.25) is 10.0 Å². The maximum atomic E-state index is 12.4. The molecule has 0 atom stereocenters. The molecule has 4 nitrogen and oxygen atoms in total. The number of sulfonamides is 1. The van der Waals surface area contributed by atoms with Crippen LogP contribution in [-0.2, 0) is 16.6 Å². The molecule has 0 saturated heterocycles. The van der Waals surface area contributed by atoms with Crippen LogP contribution in [0.1, 0.15) is 37.7 Å². The Morgan fingerprint density at radius 2 is 2.00 bits per heavy atom. The van der Waals surface area contributed by atoms with Crippen LogP contribution < -0.4 is 10.5 Å². The highest BCUT2D eigenvalue weighted by molar-refractivity contribution is 8.00. The summed E-state index contributed by atoms with van der Waals surface area (Å²) in [6.07, 6.45) is 7.87. The highest BCUT2D eigenvalue weighted by atomic mass is 32.2. The number of nitrogens with two attached hydrogens (primary N) is 1. The van der Waals surface area contributed by atoms with Crippen molar-refractivity contribution in [1.29, 1.82) is 0 Å². The predicted molar refractivity (Wildman–Crippen MR) is 88.9 cm³/mol. The Morgan fingerprint density at radius 1 is 1.29 bits per heavy atom. The van der Waals surface area contributed by atoms with Gasteiger partial charge in [0, 0.05) is 17.8 Å². The molecule has 1 fully saturated rings. The number of benzene rings is 1. The molecule has 0 heterocycles. The lowest BCUT2D eigenvalue weighted by molar-refractivity contribution is 0.395. The largest absolute Gasteiger partial charge is 0.326 e. The Hall–Kier alpha value is -0.560. The van der Waals surface area contributed by atoms with Crippen LogP contribution in [0.15, 0.2) is 29.2 Å². The summed E-state index contributed by atoms with van der Waals surface area (Å²) in [5.41, 5.74) is 6.41. The number of nitrogens with one attached hydrogen (secondary N) is 1. The molecule has 0 amide bonds. The van der Waals surface area contributed by atoms with Crippen molar-refractivity contribution in [3.63, 3.8) is 0 Å². The molecule has 21 heavy (non-hydrogen) atoms. The maximum Gasteiger partial charge on any atom is 0.240 e. The normalized spacial score (nSPS) is 18.6. The van der Waals surface area contributed by atoms with E-state index in [1.54, 1.807) is 30.0 Å². The third-order valence-corrected chi connectivity index (χ3v) is 7.04. The van der Waals surface area contributed by atoms with Crippen LogP contribution in [0.25, 0.3) is 0 Å². The van der Waals surface area contributed by atoms with E-state index >= 15 is 0 Å². The first kappa shape index (κ1) is 16.8. The molecule has 1 aliphatic carbocycles. The summed E-state index contributed by atoms with van der Waals surface area (Å²) in [6.45, 7) is 0.849. The predicted octanol–water partition coefficient (Wildman–Crippen LogP) is 2.49. The molecule has 0 aliphatic heterocycles. The zero-order valence-electron chi connectivity index (χ0n) is 12.5. The highest BCUT2D eigenvalue weighted by Gasteiger charge is 2.32. The summed E-state index contributed by atoms with van der Waals surface area (Å²) in [6, 6.07) is 6.84. The van der Waals surface area contributed by atoms with Crippen molar-refractivity contribution in [2.75, 3.05) is 12.8 Å². The van der Waals surface area contributed by atoms with Crippen molar-refractivity contribution >= 4 is 21.8 Å². The first-order chi connectivity index (χ1) is 10.0. The van der Waals surface area contributed by atoms with Gasteiger partial charge in [-0.1, -0.05) is 31.4 Å². The molecule has 1 aromatic rings. The molecular formula is C15H24N2O2S2. The van der Waals surface area contributed by atoms with Crippen LogP contribution in [0, 0.1) is 0 Å². The lowest BCUT2D eigenvalue weighted by Crippen LogP contribution is -2.41. The molecule has 1 aliphatic rings. The van der Waals surface area contributed by atoms with Gasteiger partial charge in [0.05, 0.1) is 4.90 Å². The van der Waals surface area contributed by atoms with Crippen LogP contribution in [0.5, 0.6) is 0 Å². The molecule has 0 aromatic heterocycles. The molecule has 118 valence electrons. The zero-order chi connectivity index (χ0) is 15.3. The van der Waals surface area contributed by atoms with Crippen LogP contribution in [0.2, 0.25) is 0 Å². The average molecular weight is 329 g/mol. The van der Waals surface area contributed by atoms with Crippen molar-refractivity contribution < 1.29 is 8.42 Å². The van der Waals surface area contributed by atoms with E-state index in [1.807, 2.05) is 6.07 Å². The second-order valence-corrected chi connectivity index (χ2v) is 8.67. The van der Waals surface area contributed by atoms with Gasteiger partial charge in [0.15, 0.2) is 0 Å². The second kappa shape index (κ2) is 7.13. The molecule has 1 aromatic carbocycles. The van der Waals surface area contributed by atoms with E-state index in [-0.39, 0.29) is 4.75 Å². The average Bonchev–Trinajstić information content (AvgIpc) is 2.54. The van der Waals surface area contributed by atoms with Gasteiger partial charge in [-0.05, 0) is 36.8 Å². The topological polar surface area (TPSA) is 72.2 Å². The fourth-order valence-electron chi connectivity index (χ4n) is 2.80. The maximum absolute atomic E-state index is 12.4. The Bertz CT molecular complexity index is 567. The summed E-state index contributed by atoms with van der Waals surface area (Å²) in [4.78, 5) is 0.303. The molecule has 0 bridgehead atoms. The third kappa shape index (κ3) is 4.22. The minimum Gasteiger partial charge on any atom is -0.326 e. The molecular weight excluding hydrogens is 304 g/mol. The fourth-order valence-corrected chi connectivity index (χ4v) is 5.00. The SMILES string of the molecule is CSC1(CNS(=O)(=O)c2cccc(CN)c2)CCCCC1. The van der Waals surface area contributed by atoms with Crippen molar-refractivity contribution in [3.8, 4) is 0 Å². The summed E-state index contributed by atoms with van der Waals surface area (Å²) in [5.74, 6) is 0. The summed E-state index contributed by atoms with van der Waals surface area (Å²) in [7, 11) is -3.46. The quantitative estimate of drug-likeness (QED) is 0.841. The molecule has 0 unspecified atom stereocenters. The van der Waals surface area contributed by atoms with Gasteiger partial charge < -0.3 is 5.73 Å². The van der Waals surface area contributed by atoms with Crippen LogP contribution in [-0.4, -0.2) is 26.0 Å². The number of rotatable bonds is 6. The lowest BCUT2D eigenvalue weighted by atomic mass is 9.88. The zero-order valence-corrected chi connectivity index (χ0v) is 14.1. The Labute approximate surface area is 131 Å². The van der Waals surface area contributed by atoms with Crippen LogP contribution in [0.3, 0.4) is 0 Å². The van der Waals surface area contributed by atoms with E-state index in [2.05, 4.69) is 11.0 Å². The van der Waals surface area contributed by atoms with Crippen LogP contribution in [0.4, 0.5) is 0 Å². The van der Waals surface area contributed by atoms with E-state index in [4.69, 9.17) is 5.73 Å². The second-order valence-electron chi connectivity index (χ2n) is 5.62. The van der Waals surface area contributed by atoms with Crippen LogP contribution >= 0.6 is 11.8 Å². The highest BCUT2D eigenvalue weighted by Crippen LogP contribution is 2.38. The van der Waals surface area contributed by atoms with Gasteiger partial charge in [-0.3, -0.25) is 0 Å². The molecule has 2 rings (SSSR count). The molecule has 6 heteroatoms. The fraction of sp³-hybridized carbons (Fsp3) is 0.600. The van der Waals surface area contributed by atoms with Gasteiger partial charge in [-0.25, -0.2) is 13.1 Å². The summed E-state index contributed by atoms with van der Waals surface area (Å²) in [5, 5.41) is 0. The van der Waals surface area contributed by atoms with Crippen molar-refractivity contribution in [2.45, 2.75) is 48.3 Å². The molecule has 0 spiro atoms. The van der Waals surface area contributed by atoms with E-state index in [0.29, 0.717) is 18.0 Å². The minimum absolute atomic E-state index is 0.0524. The van der Waals surface area contributed by atoms with E-state index in [9.17, 15) is 8.42 Å². The van der Waals surface area contributed by atoms with E-state index in [1.165, 1.54) is 19.3 Å². The number of thioether (sulfide) groups is 1. The number of hydrogen-bond donors (Lipinski definition) is 2. The Balaban J connectivity index is 2.09. The molecule has 3 N–H and O–H groups in total. The van der Waals surface area contributed by atoms with Gasteiger partial charge in [0.1, 0.15) is 0 Å². The molecule has 0 radical (unpaired) electrons. The standard InChI is InChI=1S/C15H24N2O2S2/c1-20-15(8-3-2-4-9-15)12-17-21(18,19)14-7-5-6-13(10-14)11-16/h5-7,10,17H,2-4,8-9,11-12,16H2,1H3. The minimum atomic E-state index is -3.46. The first-order valence-electron chi connectivity index (χ1n) is 7.35. The Kier molecular flexibility index (Phi) is 5.71.